The average molecular weight is 635 g/mol. The highest BCUT2D eigenvalue weighted by Crippen LogP contribution is 2.31. The number of aromatic nitrogens is 2. The first-order chi connectivity index (χ1) is 20.8. The molecule has 5 rings (SSSR count). The minimum absolute atomic E-state index is 0.00973. The van der Waals surface area contributed by atoms with Gasteiger partial charge in [0.15, 0.2) is 15.4 Å². The predicted molar refractivity (Wildman–Crippen MR) is 159 cm³/mol. The van der Waals surface area contributed by atoms with Gasteiger partial charge in [-0.1, -0.05) is 12.0 Å². The molecule has 1 aliphatic rings. The number of rotatable bonds is 9. The Kier molecular flexibility index (Phi) is 9.12. The van der Waals surface area contributed by atoms with Crippen molar-refractivity contribution in [1.82, 2.24) is 14.0 Å². The number of nitrogens with one attached hydrogen (secondary N) is 1. The fraction of sp³-hybridized carbons (Fsp3) is 0.433. The predicted octanol–water partition coefficient (Wildman–Crippen LogP) is 3.45. The van der Waals surface area contributed by atoms with E-state index in [0.717, 1.165) is 36.8 Å². The number of aliphatic hydroxyl groups excluding tert-OH is 1. The van der Waals surface area contributed by atoms with Crippen LogP contribution in [-0.4, -0.2) is 85.5 Å². The second kappa shape index (κ2) is 12.7. The fourth-order valence-electron chi connectivity index (χ4n) is 5.52. The molecular formula is C30H33F3N4O6S. The summed E-state index contributed by atoms with van der Waals surface area (Å²) in [5.41, 5.74) is 1.59. The van der Waals surface area contributed by atoms with Gasteiger partial charge in [0.25, 0.3) is 0 Å². The Morgan fingerprint density at radius 2 is 1.89 bits per heavy atom. The summed E-state index contributed by atoms with van der Waals surface area (Å²) in [4.78, 5) is 14.6. The van der Waals surface area contributed by atoms with Crippen molar-refractivity contribution in [2.45, 2.75) is 49.1 Å². The minimum Gasteiger partial charge on any atom is -0.408 e. The molecule has 0 radical (unpaired) electrons. The average Bonchev–Trinajstić information content (AvgIpc) is 3.45. The van der Waals surface area contributed by atoms with E-state index in [-0.39, 0.29) is 35.4 Å². The molecule has 10 nitrogen and oxygen atoms in total. The zero-order valence-electron chi connectivity index (χ0n) is 24.2. The van der Waals surface area contributed by atoms with Gasteiger partial charge in [0.2, 0.25) is 0 Å². The SMILES string of the molecule is COCC(O)CN1CCC(Nc2cccc3c2cc(C#CCn2c(=O)oc4cc(S(C)(=O)=O)ccc42)n3CC(F)(F)F)CC1. The zero-order chi connectivity index (χ0) is 31.6. The molecule has 14 heteroatoms. The molecule has 0 aliphatic carbocycles. The van der Waals surface area contributed by atoms with E-state index < -0.39 is 34.4 Å². The standard InChI is InChI=1S/C30H33F3N4O6S/c1-42-18-22(38)17-35-13-10-20(11-14-35)34-25-6-3-7-26-24(25)15-21(37(26)19-30(31,32)33)5-4-12-36-27-9-8-23(44(2,40)41)16-28(27)43-29(36)39/h3,6-9,15-16,20,22,34,38H,10-14,17-19H2,1-2H3. The smallest absolute Gasteiger partial charge is 0.408 e. The number of likely N-dealkylation sites (tertiary alicyclic amines) is 1. The van der Waals surface area contributed by atoms with Crippen molar-refractivity contribution in [1.29, 1.82) is 0 Å². The number of piperidine rings is 1. The number of β-amino-alcohol motifs (C(OH)–C–C–N with tert-alkyl or cyclic N) is 1. The summed E-state index contributed by atoms with van der Waals surface area (Å²) in [6.07, 6.45) is -2.43. The van der Waals surface area contributed by atoms with Crippen LogP contribution in [0.2, 0.25) is 0 Å². The Morgan fingerprint density at radius 3 is 2.57 bits per heavy atom. The number of methoxy groups -OCH3 is 1. The Bertz CT molecular complexity index is 1880. The van der Waals surface area contributed by atoms with Crippen LogP contribution in [0.15, 0.2) is 56.6 Å². The van der Waals surface area contributed by atoms with Crippen LogP contribution in [0.1, 0.15) is 18.5 Å². The van der Waals surface area contributed by atoms with Crippen molar-refractivity contribution in [2.75, 3.05) is 44.9 Å². The number of fused-ring (bicyclic) bond motifs is 2. The molecule has 1 fully saturated rings. The highest BCUT2D eigenvalue weighted by atomic mass is 32.2. The van der Waals surface area contributed by atoms with Crippen molar-refractivity contribution >= 4 is 37.5 Å². The number of sulfone groups is 1. The second-order valence-corrected chi connectivity index (χ2v) is 13.0. The summed E-state index contributed by atoms with van der Waals surface area (Å²) in [5, 5.41) is 14.1. The van der Waals surface area contributed by atoms with Gasteiger partial charge in [-0.2, -0.15) is 13.2 Å². The van der Waals surface area contributed by atoms with Gasteiger partial charge in [-0.05, 0) is 49.1 Å². The van der Waals surface area contributed by atoms with Crippen LogP contribution >= 0.6 is 0 Å². The number of nitrogens with zero attached hydrogens (tertiary/aromatic N) is 3. The molecule has 2 aromatic carbocycles. The second-order valence-electron chi connectivity index (χ2n) is 11.0. The Labute approximate surface area is 251 Å². The van der Waals surface area contributed by atoms with Gasteiger partial charge in [-0.3, -0.25) is 4.57 Å². The molecule has 236 valence electrons. The molecular weight excluding hydrogens is 601 g/mol. The molecule has 3 heterocycles. The number of anilines is 1. The first-order valence-electron chi connectivity index (χ1n) is 14.0. The molecule has 0 bridgehead atoms. The Hall–Kier alpha value is -3.77. The third-order valence-corrected chi connectivity index (χ3v) is 8.69. The van der Waals surface area contributed by atoms with E-state index in [1.54, 1.807) is 25.3 Å². The van der Waals surface area contributed by atoms with Crippen LogP contribution in [0.5, 0.6) is 0 Å². The van der Waals surface area contributed by atoms with E-state index in [1.807, 2.05) is 6.07 Å². The summed E-state index contributed by atoms with van der Waals surface area (Å²) in [6.45, 7) is 0.883. The van der Waals surface area contributed by atoms with Crippen LogP contribution in [0, 0.1) is 11.8 Å². The monoisotopic (exact) mass is 634 g/mol. The van der Waals surface area contributed by atoms with E-state index in [0.29, 0.717) is 28.7 Å². The molecule has 44 heavy (non-hydrogen) atoms. The molecule has 2 aromatic heterocycles. The van der Waals surface area contributed by atoms with Gasteiger partial charge in [0, 0.05) is 56.2 Å². The summed E-state index contributed by atoms with van der Waals surface area (Å²) in [7, 11) is -1.98. The summed E-state index contributed by atoms with van der Waals surface area (Å²) < 4.78 is 77.2. The molecule has 2 N–H and O–H groups in total. The van der Waals surface area contributed by atoms with Crippen molar-refractivity contribution < 1.29 is 35.8 Å². The van der Waals surface area contributed by atoms with E-state index in [1.165, 1.54) is 22.8 Å². The largest absolute Gasteiger partial charge is 0.420 e. The third-order valence-electron chi connectivity index (χ3n) is 7.58. The van der Waals surface area contributed by atoms with Gasteiger partial charge < -0.3 is 29.0 Å². The maximum Gasteiger partial charge on any atom is 0.420 e. The summed E-state index contributed by atoms with van der Waals surface area (Å²) in [5.74, 6) is 4.83. The van der Waals surface area contributed by atoms with Crippen LogP contribution in [0.4, 0.5) is 18.9 Å². The van der Waals surface area contributed by atoms with Gasteiger partial charge in [0.05, 0.1) is 40.9 Å². The lowest BCUT2D eigenvalue weighted by atomic mass is 10.0. The normalized spacial score (nSPS) is 15.9. The van der Waals surface area contributed by atoms with Gasteiger partial charge in [-0.25, -0.2) is 13.2 Å². The molecule has 1 atom stereocenters. The van der Waals surface area contributed by atoms with Gasteiger partial charge in [-0.15, -0.1) is 0 Å². The van der Waals surface area contributed by atoms with Crippen LogP contribution in [0.3, 0.4) is 0 Å². The molecule has 4 aromatic rings. The zero-order valence-corrected chi connectivity index (χ0v) is 25.0. The highest BCUT2D eigenvalue weighted by Gasteiger charge is 2.30. The Balaban J connectivity index is 1.39. The molecule has 0 amide bonds. The Morgan fingerprint density at radius 1 is 1.14 bits per heavy atom. The van der Waals surface area contributed by atoms with Crippen molar-refractivity contribution in [3.63, 3.8) is 0 Å². The van der Waals surface area contributed by atoms with Crippen molar-refractivity contribution in [2.24, 2.45) is 0 Å². The molecule has 0 saturated carbocycles. The lowest BCUT2D eigenvalue weighted by Crippen LogP contribution is -2.43. The number of ether oxygens (including phenoxy) is 1. The maximum atomic E-state index is 13.6. The molecule has 1 unspecified atom stereocenters. The lowest BCUT2D eigenvalue weighted by Gasteiger charge is -2.34. The molecule has 1 aliphatic heterocycles. The maximum absolute atomic E-state index is 13.6. The minimum atomic E-state index is -4.50. The van der Waals surface area contributed by atoms with Crippen LogP contribution < -0.4 is 11.1 Å². The van der Waals surface area contributed by atoms with Crippen LogP contribution in [-0.2, 0) is 27.7 Å². The van der Waals surface area contributed by atoms with E-state index >= 15 is 0 Å². The topological polar surface area (TPSA) is 119 Å². The first-order valence-corrected chi connectivity index (χ1v) is 15.9. The summed E-state index contributed by atoms with van der Waals surface area (Å²) in [6, 6.07) is 10.9. The van der Waals surface area contributed by atoms with Gasteiger partial charge in [0.1, 0.15) is 6.54 Å². The highest BCUT2D eigenvalue weighted by molar-refractivity contribution is 7.90. The number of aliphatic hydroxyl groups is 1. The van der Waals surface area contributed by atoms with Gasteiger partial charge >= 0.3 is 11.9 Å². The van der Waals surface area contributed by atoms with E-state index in [9.17, 15) is 31.5 Å². The molecule has 1 saturated heterocycles. The number of halogens is 3. The summed E-state index contributed by atoms with van der Waals surface area (Å²) >= 11 is 0. The number of hydrogen-bond donors (Lipinski definition) is 2. The number of alkyl halides is 3. The first kappa shape index (κ1) is 31.6. The fourth-order valence-corrected chi connectivity index (χ4v) is 6.16. The van der Waals surface area contributed by atoms with E-state index in [4.69, 9.17) is 9.15 Å². The molecule has 0 spiro atoms. The van der Waals surface area contributed by atoms with Crippen LogP contribution in [0.25, 0.3) is 22.0 Å². The number of hydrogen-bond acceptors (Lipinski definition) is 8. The lowest BCUT2D eigenvalue weighted by molar-refractivity contribution is -0.140. The third kappa shape index (κ3) is 7.29. The van der Waals surface area contributed by atoms with E-state index in [2.05, 4.69) is 22.1 Å². The quantitative estimate of drug-likeness (QED) is 0.269. The van der Waals surface area contributed by atoms with Crippen molar-refractivity contribution in [3.05, 3.63) is 58.7 Å². The van der Waals surface area contributed by atoms with Crippen molar-refractivity contribution in [3.8, 4) is 11.8 Å². The number of benzene rings is 2. The number of oxazole rings is 1.